The molecule has 88 valence electrons. The summed E-state index contributed by atoms with van der Waals surface area (Å²) in [6.45, 7) is 0.392. The standard InChI is InChI=1S/C11H12F2O2S/c1-6-4-5-8(10(14)16-3)7(2)9(6)15-11(12)13/h4-5,11H,1-3H3. The minimum absolute atomic E-state index is 0.0925. The number of carbonyl (C=O) groups excluding carboxylic acids is 1. The van der Waals surface area contributed by atoms with Crippen molar-refractivity contribution < 1.29 is 18.3 Å². The fourth-order valence-electron chi connectivity index (χ4n) is 1.43. The lowest BCUT2D eigenvalue weighted by Crippen LogP contribution is -2.07. The molecule has 1 rings (SSSR count). The van der Waals surface area contributed by atoms with Crippen LogP contribution in [-0.4, -0.2) is 18.0 Å². The van der Waals surface area contributed by atoms with Crippen LogP contribution in [0.2, 0.25) is 0 Å². The van der Waals surface area contributed by atoms with Gasteiger partial charge in [0.2, 0.25) is 5.12 Å². The molecule has 0 spiro atoms. The molecule has 0 amide bonds. The number of benzene rings is 1. The van der Waals surface area contributed by atoms with Crippen LogP contribution < -0.4 is 4.74 Å². The fraction of sp³-hybridized carbons (Fsp3) is 0.364. The van der Waals surface area contributed by atoms with Crippen LogP contribution in [-0.2, 0) is 0 Å². The third-order valence-electron chi connectivity index (χ3n) is 2.22. The number of alkyl halides is 2. The molecule has 0 aromatic heterocycles. The van der Waals surface area contributed by atoms with Gasteiger partial charge in [0.15, 0.2) is 0 Å². The highest BCUT2D eigenvalue weighted by atomic mass is 32.2. The van der Waals surface area contributed by atoms with E-state index in [-0.39, 0.29) is 10.9 Å². The zero-order valence-electron chi connectivity index (χ0n) is 9.21. The smallest absolute Gasteiger partial charge is 0.387 e. The van der Waals surface area contributed by atoms with E-state index in [1.54, 1.807) is 32.2 Å². The third-order valence-corrected chi connectivity index (χ3v) is 2.81. The lowest BCUT2D eigenvalue weighted by atomic mass is 10.0. The Hall–Kier alpha value is -1.10. The Morgan fingerprint density at radius 3 is 2.50 bits per heavy atom. The van der Waals surface area contributed by atoms with E-state index in [9.17, 15) is 13.6 Å². The van der Waals surface area contributed by atoms with Crippen LogP contribution in [0, 0.1) is 13.8 Å². The Balaban J connectivity index is 3.21. The Morgan fingerprint density at radius 2 is 2.00 bits per heavy atom. The van der Waals surface area contributed by atoms with Gasteiger partial charge in [-0.05, 0) is 31.7 Å². The number of hydrogen-bond donors (Lipinski definition) is 0. The molecule has 0 bridgehead atoms. The predicted octanol–water partition coefficient (Wildman–Crippen LogP) is 3.41. The van der Waals surface area contributed by atoms with Crippen molar-refractivity contribution in [3.05, 3.63) is 28.8 Å². The van der Waals surface area contributed by atoms with Crippen molar-refractivity contribution in [3.63, 3.8) is 0 Å². The number of halogens is 2. The van der Waals surface area contributed by atoms with Crippen LogP contribution in [0.3, 0.4) is 0 Å². The molecule has 2 nitrogen and oxygen atoms in total. The van der Waals surface area contributed by atoms with E-state index in [0.717, 1.165) is 11.8 Å². The average molecular weight is 246 g/mol. The third kappa shape index (κ3) is 2.72. The zero-order chi connectivity index (χ0) is 12.3. The van der Waals surface area contributed by atoms with Crippen molar-refractivity contribution in [2.45, 2.75) is 20.5 Å². The molecule has 0 unspecified atom stereocenters. The molecule has 1 aromatic carbocycles. The first-order valence-corrected chi connectivity index (χ1v) is 5.83. The molecule has 5 heteroatoms. The number of rotatable bonds is 3. The normalized spacial score (nSPS) is 10.6. The molecule has 0 N–H and O–H groups in total. The Kier molecular flexibility index (Phi) is 4.29. The first-order chi connectivity index (χ1) is 7.47. The van der Waals surface area contributed by atoms with E-state index >= 15 is 0 Å². The number of ether oxygens (including phenoxy) is 1. The summed E-state index contributed by atoms with van der Waals surface area (Å²) < 4.78 is 28.8. The summed E-state index contributed by atoms with van der Waals surface area (Å²) in [5.41, 5.74) is 1.46. The van der Waals surface area contributed by atoms with E-state index in [1.165, 1.54) is 0 Å². The minimum Gasteiger partial charge on any atom is -0.434 e. The second-order valence-corrected chi connectivity index (χ2v) is 4.03. The van der Waals surface area contributed by atoms with Crippen molar-refractivity contribution in [1.29, 1.82) is 0 Å². The number of aryl methyl sites for hydroxylation is 1. The van der Waals surface area contributed by atoms with Crippen molar-refractivity contribution in [2.75, 3.05) is 6.26 Å². The highest BCUT2D eigenvalue weighted by Gasteiger charge is 2.16. The van der Waals surface area contributed by atoms with Gasteiger partial charge < -0.3 is 4.74 Å². The molecule has 1 aromatic rings. The van der Waals surface area contributed by atoms with Gasteiger partial charge in [0.25, 0.3) is 0 Å². The minimum atomic E-state index is -2.88. The molecule has 0 aliphatic carbocycles. The Labute approximate surface area is 97.0 Å². The number of hydrogen-bond acceptors (Lipinski definition) is 3. The van der Waals surface area contributed by atoms with Crippen molar-refractivity contribution in [2.24, 2.45) is 0 Å². The van der Waals surface area contributed by atoms with Crippen molar-refractivity contribution in [1.82, 2.24) is 0 Å². The van der Waals surface area contributed by atoms with E-state index in [2.05, 4.69) is 4.74 Å². The summed E-state index contributed by atoms with van der Waals surface area (Å²) in [7, 11) is 0. The molecule has 16 heavy (non-hydrogen) atoms. The quantitative estimate of drug-likeness (QED) is 0.817. The summed E-state index contributed by atoms with van der Waals surface area (Å²) in [4.78, 5) is 11.5. The van der Waals surface area contributed by atoms with Gasteiger partial charge in [-0.3, -0.25) is 4.79 Å². The van der Waals surface area contributed by atoms with E-state index in [1.807, 2.05) is 0 Å². The molecule has 0 radical (unpaired) electrons. The molecular formula is C11H12F2O2S. The molecule has 0 aliphatic heterocycles. The molecular weight excluding hydrogens is 234 g/mol. The molecule has 0 fully saturated rings. The van der Waals surface area contributed by atoms with Crippen LogP contribution in [0.1, 0.15) is 21.5 Å². The zero-order valence-corrected chi connectivity index (χ0v) is 10.0. The van der Waals surface area contributed by atoms with Crippen LogP contribution in [0.4, 0.5) is 8.78 Å². The summed E-state index contributed by atoms with van der Waals surface area (Å²) in [5, 5.41) is -0.156. The van der Waals surface area contributed by atoms with Gasteiger partial charge in [0.1, 0.15) is 5.75 Å². The maximum absolute atomic E-state index is 12.2. The monoisotopic (exact) mass is 246 g/mol. The Morgan fingerprint density at radius 1 is 1.38 bits per heavy atom. The van der Waals surface area contributed by atoms with Gasteiger partial charge in [0, 0.05) is 11.1 Å². The average Bonchev–Trinajstić information content (AvgIpc) is 2.23. The molecule has 0 atom stereocenters. The van der Waals surface area contributed by atoms with Crippen molar-refractivity contribution in [3.8, 4) is 5.75 Å². The van der Waals surface area contributed by atoms with Gasteiger partial charge in [-0.25, -0.2) is 0 Å². The van der Waals surface area contributed by atoms with Gasteiger partial charge >= 0.3 is 6.61 Å². The van der Waals surface area contributed by atoms with E-state index in [0.29, 0.717) is 16.7 Å². The second-order valence-electron chi connectivity index (χ2n) is 3.25. The Bertz CT molecular complexity index is 405. The largest absolute Gasteiger partial charge is 0.434 e. The van der Waals surface area contributed by atoms with Crippen LogP contribution in [0.15, 0.2) is 12.1 Å². The molecule has 0 saturated carbocycles. The maximum atomic E-state index is 12.2. The SMILES string of the molecule is CSC(=O)c1ccc(C)c(OC(F)F)c1C. The highest BCUT2D eigenvalue weighted by molar-refractivity contribution is 8.13. The fourth-order valence-corrected chi connectivity index (χ4v) is 1.87. The first kappa shape index (κ1) is 13.0. The molecule has 0 aliphatic rings. The van der Waals surface area contributed by atoms with E-state index in [4.69, 9.17) is 0 Å². The predicted molar refractivity (Wildman–Crippen MR) is 60.4 cm³/mol. The maximum Gasteiger partial charge on any atom is 0.387 e. The summed E-state index contributed by atoms with van der Waals surface area (Å²) in [6.07, 6.45) is 1.65. The number of carbonyl (C=O) groups is 1. The topological polar surface area (TPSA) is 26.3 Å². The molecule has 0 heterocycles. The summed E-state index contributed by atoms with van der Waals surface area (Å²) >= 11 is 1.04. The lowest BCUT2D eigenvalue weighted by molar-refractivity contribution is -0.0507. The van der Waals surface area contributed by atoms with Crippen LogP contribution in [0.25, 0.3) is 0 Å². The number of thioether (sulfide) groups is 1. The lowest BCUT2D eigenvalue weighted by Gasteiger charge is -2.13. The summed E-state index contributed by atoms with van der Waals surface area (Å²) in [6, 6.07) is 3.23. The van der Waals surface area contributed by atoms with Gasteiger partial charge in [0.05, 0.1) is 0 Å². The van der Waals surface area contributed by atoms with Gasteiger partial charge in [-0.2, -0.15) is 8.78 Å². The van der Waals surface area contributed by atoms with Gasteiger partial charge in [-0.1, -0.05) is 17.8 Å². The summed E-state index contributed by atoms with van der Waals surface area (Å²) in [5.74, 6) is 0.0925. The molecule has 0 saturated heterocycles. The second kappa shape index (κ2) is 5.30. The first-order valence-electron chi connectivity index (χ1n) is 4.60. The van der Waals surface area contributed by atoms with Gasteiger partial charge in [-0.15, -0.1) is 0 Å². The van der Waals surface area contributed by atoms with E-state index < -0.39 is 6.61 Å². The highest BCUT2D eigenvalue weighted by Crippen LogP contribution is 2.29. The van der Waals surface area contributed by atoms with Crippen LogP contribution >= 0.6 is 11.8 Å². The van der Waals surface area contributed by atoms with Crippen molar-refractivity contribution >= 4 is 16.9 Å². The van der Waals surface area contributed by atoms with Crippen LogP contribution in [0.5, 0.6) is 5.75 Å².